The van der Waals surface area contributed by atoms with Crippen LogP contribution in [-0.4, -0.2) is 26.1 Å². The summed E-state index contributed by atoms with van der Waals surface area (Å²) < 4.78 is 5.15. The lowest BCUT2D eigenvalue weighted by atomic mass is 10.2. The van der Waals surface area contributed by atoms with Gasteiger partial charge in [0.2, 0.25) is 17.6 Å². The summed E-state index contributed by atoms with van der Waals surface area (Å²) >= 11 is 1.52. The molecule has 3 heterocycles. The molecule has 1 amide bonds. The minimum Gasteiger partial charge on any atom is -0.392 e. The van der Waals surface area contributed by atoms with Crippen molar-refractivity contribution < 1.29 is 14.4 Å². The van der Waals surface area contributed by atoms with Crippen molar-refractivity contribution in [2.24, 2.45) is 0 Å². The lowest BCUT2D eigenvalue weighted by Gasteiger charge is -2.07. The molecule has 3 aromatic heterocycles. The molecule has 3 rings (SSSR count). The van der Waals surface area contributed by atoms with Crippen LogP contribution < -0.4 is 5.32 Å². The number of nitrogens with one attached hydrogen (secondary N) is 1. The highest BCUT2D eigenvalue weighted by Crippen LogP contribution is 2.21. The lowest BCUT2D eigenvalue weighted by Crippen LogP contribution is -2.14. The maximum Gasteiger partial charge on any atom is 0.227 e. The van der Waals surface area contributed by atoms with E-state index >= 15 is 0 Å². The third-order valence-electron chi connectivity index (χ3n) is 3.13. The van der Waals surface area contributed by atoms with Gasteiger partial charge in [0.15, 0.2) is 0 Å². The summed E-state index contributed by atoms with van der Waals surface area (Å²) in [7, 11) is 0. The molecule has 0 bridgehead atoms. The molecule has 7 nitrogen and oxygen atoms in total. The molecule has 0 atom stereocenters. The first-order valence-electron chi connectivity index (χ1n) is 6.96. The molecule has 0 aliphatic carbocycles. The van der Waals surface area contributed by atoms with Gasteiger partial charge in [0.25, 0.3) is 0 Å². The number of thiophene rings is 1. The Balaban J connectivity index is 1.57. The van der Waals surface area contributed by atoms with Crippen molar-refractivity contribution in [1.82, 2.24) is 15.1 Å². The van der Waals surface area contributed by atoms with Crippen LogP contribution in [-0.2, 0) is 17.8 Å². The second kappa shape index (κ2) is 7.12. The standard InChI is InChI=1S/C15H14N4O3S/c20-9-10-5-6-16-8-11(10)17-13(21)3-4-14-18-15(19-22-14)12-2-1-7-23-12/h1-2,5-8,20H,3-4,9H2,(H,17,21). The zero-order valence-corrected chi connectivity index (χ0v) is 12.9. The van der Waals surface area contributed by atoms with E-state index in [1.54, 1.807) is 12.3 Å². The minimum atomic E-state index is -0.205. The number of hydrogen-bond donors (Lipinski definition) is 2. The topological polar surface area (TPSA) is 101 Å². The van der Waals surface area contributed by atoms with Crippen LogP contribution in [0.5, 0.6) is 0 Å². The summed E-state index contributed by atoms with van der Waals surface area (Å²) in [5.41, 5.74) is 1.12. The molecular weight excluding hydrogens is 316 g/mol. The van der Waals surface area contributed by atoms with E-state index in [-0.39, 0.29) is 18.9 Å². The largest absolute Gasteiger partial charge is 0.392 e. The number of aliphatic hydroxyl groups is 1. The smallest absolute Gasteiger partial charge is 0.227 e. The summed E-state index contributed by atoms with van der Waals surface area (Å²) in [5.74, 6) is 0.742. The van der Waals surface area contributed by atoms with Gasteiger partial charge in [-0.1, -0.05) is 11.2 Å². The Morgan fingerprint density at radius 3 is 3.09 bits per heavy atom. The number of hydrogen-bond acceptors (Lipinski definition) is 7. The number of aliphatic hydroxyl groups excluding tert-OH is 1. The molecule has 0 saturated carbocycles. The molecule has 0 aliphatic heterocycles. The number of nitrogens with zero attached hydrogens (tertiary/aromatic N) is 3. The van der Waals surface area contributed by atoms with Crippen molar-refractivity contribution in [3.63, 3.8) is 0 Å². The second-order valence-corrected chi connectivity index (χ2v) is 5.68. The summed E-state index contributed by atoms with van der Waals surface area (Å²) in [5, 5.41) is 17.8. The fourth-order valence-electron chi connectivity index (χ4n) is 1.97. The zero-order valence-electron chi connectivity index (χ0n) is 12.1. The lowest BCUT2D eigenvalue weighted by molar-refractivity contribution is -0.116. The quantitative estimate of drug-likeness (QED) is 0.719. The van der Waals surface area contributed by atoms with Crippen molar-refractivity contribution in [2.45, 2.75) is 19.4 Å². The molecule has 3 aromatic rings. The Bertz CT molecular complexity index is 786. The van der Waals surface area contributed by atoms with Crippen LogP contribution in [0.15, 0.2) is 40.5 Å². The van der Waals surface area contributed by atoms with Gasteiger partial charge in [-0.25, -0.2) is 0 Å². The van der Waals surface area contributed by atoms with Crippen LogP contribution in [0.25, 0.3) is 10.7 Å². The van der Waals surface area contributed by atoms with Crippen LogP contribution in [0.1, 0.15) is 17.9 Å². The summed E-state index contributed by atoms with van der Waals surface area (Å²) in [6, 6.07) is 5.47. The first-order valence-corrected chi connectivity index (χ1v) is 7.84. The van der Waals surface area contributed by atoms with Crippen molar-refractivity contribution >= 4 is 22.9 Å². The number of amides is 1. The molecule has 0 aliphatic rings. The highest BCUT2D eigenvalue weighted by atomic mass is 32.1. The van der Waals surface area contributed by atoms with Crippen molar-refractivity contribution in [3.05, 3.63) is 47.4 Å². The molecule has 23 heavy (non-hydrogen) atoms. The molecular formula is C15H14N4O3S. The van der Waals surface area contributed by atoms with E-state index in [0.717, 1.165) is 4.88 Å². The number of carbonyl (C=O) groups is 1. The molecule has 118 valence electrons. The number of aryl methyl sites for hydroxylation is 1. The average molecular weight is 330 g/mol. The third kappa shape index (κ3) is 3.79. The van der Waals surface area contributed by atoms with E-state index in [4.69, 9.17) is 4.52 Å². The van der Waals surface area contributed by atoms with Gasteiger partial charge >= 0.3 is 0 Å². The molecule has 0 spiro atoms. The summed E-state index contributed by atoms with van der Waals surface area (Å²) in [6.45, 7) is -0.161. The van der Waals surface area contributed by atoms with Crippen LogP contribution in [0.4, 0.5) is 5.69 Å². The average Bonchev–Trinajstić information content (AvgIpc) is 3.24. The number of rotatable bonds is 6. The van der Waals surface area contributed by atoms with Gasteiger partial charge in [-0.3, -0.25) is 9.78 Å². The van der Waals surface area contributed by atoms with E-state index in [1.165, 1.54) is 17.5 Å². The van der Waals surface area contributed by atoms with E-state index in [1.807, 2.05) is 17.5 Å². The minimum absolute atomic E-state index is 0.161. The van der Waals surface area contributed by atoms with E-state index in [0.29, 0.717) is 29.4 Å². The molecule has 0 fully saturated rings. The van der Waals surface area contributed by atoms with Crippen LogP contribution in [0, 0.1) is 0 Å². The van der Waals surface area contributed by atoms with Gasteiger partial charge in [0, 0.05) is 24.6 Å². The fraction of sp³-hybridized carbons (Fsp3) is 0.200. The second-order valence-electron chi connectivity index (χ2n) is 4.73. The predicted molar refractivity (Wildman–Crippen MR) is 84.7 cm³/mol. The number of carbonyl (C=O) groups excluding carboxylic acids is 1. The van der Waals surface area contributed by atoms with Crippen LogP contribution in [0.2, 0.25) is 0 Å². The Labute approximate surface area is 136 Å². The third-order valence-corrected chi connectivity index (χ3v) is 4.00. The SMILES string of the molecule is O=C(CCc1nc(-c2cccs2)no1)Nc1cnccc1CO. The maximum atomic E-state index is 12.0. The van der Waals surface area contributed by atoms with Crippen molar-refractivity contribution in [3.8, 4) is 10.7 Å². The van der Waals surface area contributed by atoms with Gasteiger partial charge in [0.1, 0.15) is 0 Å². The van der Waals surface area contributed by atoms with Crippen molar-refractivity contribution in [2.75, 3.05) is 5.32 Å². The first-order chi connectivity index (χ1) is 11.3. The van der Waals surface area contributed by atoms with Crippen LogP contribution >= 0.6 is 11.3 Å². The molecule has 2 N–H and O–H groups in total. The van der Waals surface area contributed by atoms with Gasteiger partial charge < -0.3 is 14.9 Å². The molecule has 0 unspecified atom stereocenters. The Morgan fingerprint density at radius 2 is 2.30 bits per heavy atom. The first kappa shape index (κ1) is 15.3. The Kier molecular flexibility index (Phi) is 4.74. The van der Waals surface area contributed by atoms with Gasteiger partial charge in [-0.05, 0) is 17.5 Å². The fourth-order valence-corrected chi connectivity index (χ4v) is 2.62. The predicted octanol–water partition coefficient (Wildman–Crippen LogP) is 2.26. The molecule has 8 heteroatoms. The van der Waals surface area contributed by atoms with Gasteiger partial charge in [-0.15, -0.1) is 11.3 Å². The van der Waals surface area contributed by atoms with Crippen molar-refractivity contribution in [1.29, 1.82) is 0 Å². The summed E-state index contributed by atoms with van der Waals surface area (Å²) in [4.78, 5) is 21.1. The highest BCUT2D eigenvalue weighted by Gasteiger charge is 2.12. The van der Waals surface area contributed by atoms with Gasteiger partial charge in [0.05, 0.1) is 23.4 Å². The number of anilines is 1. The summed E-state index contributed by atoms with van der Waals surface area (Å²) in [6.07, 6.45) is 3.61. The highest BCUT2D eigenvalue weighted by molar-refractivity contribution is 7.13. The maximum absolute atomic E-state index is 12.0. The monoisotopic (exact) mass is 330 g/mol. The molecule has 0 aromatic carbocycles. The zero-order chi connectivity index (χ0) is 16.1. The Hall–Kier alpha value is -2.58. The van der Waals surface area contributed by atoms with E-state index in [2.05, 4.69) is 20.4 Å². The van der Waals surface area contributed by atoms with E-state index in [9.17, 15) is 9.90 Å². The Morgan fingerprint density at radius 1 is 1.39 bits per heavy atom. The van der Waals surface area contributed by atoms with Crippen LogP contribution in [0.3, 0.4) is 0 Å². The molecule has 0 radical (unpaired) electrons. The molecule has 0 saturated heterocycles. The number of pyridine rings is 1. The number of aromatic nitrogens is 3. The van der Waals surface area contributed by atoms with Gasteiger partial charge in [-0.2, -0.15) is 4.98 Å². The normalized spacial score (nSPS) is 10.7. The van der Waals surface area contributed by atoms with E-state index < -0.39 is 0 Å².